The number of esters is 1. The van der Waals surface area contributed by atoms with Crippen molar-refractivity contribution in [2.24, 2.45) is 0 Å². The van der Waals surface area contributed by atoms with Gasteiger partial charge in [0.05, 0.1) is 12.0 Å². The number of benzene rings is 2. The normalized spacial score (nSPS) is 15.0. The predicted molar refractivity (Wildman–Crippen MR) is 123 cm³/mol. The molecule has 0 N–H and O–H groups in total. The van der Waals surface area contributed by atoms with Crippen molar-refractivity contribution in [3.63, 3.8) is 0 Å². The van der Waals surface area contributed by atoms with Crippen molar-refractivity contribution in [2.45, 2.75) is 19.4 Å². The number of hydrogen-bond acceptors (Lipinski definition) is 6. The van der Waals surface area contributed by atoms with E-state index in [1.54, 1.807) is 6.08 Å². The molecule has 0 bridgehead atoms. The van der Waals surface area contributed by atoms with E-state index < -0.39 is 0 Å². The number of thiocarbonyl (C=S) groups is 1. The van der Waals surface area contributed by atoms with Gasteiger partial charge in [-0.25, -0.2) is 0 Å². The maximum atomic E-state index is 12.8. The Hall–Kier alpha value is -2.35. The van der Waals surface area contributed by atoms with Crippen LogP contribution in [0.15, 0.2) is 53.4 Å². The van der Waals surface area contributed by atoms with Gasteiger partial charge in [0.15, 0.2) is 0 Å². The molecule has 0 spiro atoms. The van der Waals surface area contributed by atoms with Crippen LogP contribution < -0.4 is 4.74 Å². The fourth-order valence-electron chi connectivity index (χ4n) is 2.82. The third-order valence-corrected chi connectivity index (χ3v) is 6.16. The van der Waals surface area contributed by atoms with Crippen LogP contribution in [0.4, 0.5) is 0 Å². The number of thioether (sulfide) groups is 1. The van der Waals surface area contributed by atoms with Gasteiger partial charge in [0.25, 0.3) is 5.91 Å². The van der Waals surface area contributed by atoms with Crippen molar-refractivity contribution in [1.82, 2.24) is 4.90 Å². The highest BCUT2D eigenvalue weighted by Crippen LogP contribution is 2.34. The molecule has 1 aliphatic heterocycles. The minimum absolute atomic E-state index is 0.171. The summed E-state index contributed by atoms with van der Waals surface area (Å²) in [4.78, 5) is 26.1. The molecule has 1 saturated heterocycles. The van der Waals surface area contributed by atoms with Crippen LogP contribution in [0.5, 0.6) is 5.75 Å². The average molecular weight is 462 g/mol. The summed E-state index contributed by atoms with van der Waals surface area (Å²) < 4.78 is 11.1. The van der Waals surface area contributed by atoms with Crippen LogP contribution in [0, 0.1) is 0 Å². The van der Waals surface area contributed by atoms with Gasteiger partial charge in [-0.2, -0.15) is 0 Å². The molecular weight excluding hydrogens is 442 g/mol. The van der Waals surface area contributed by atoms with Crippen molar-refractivity contribution >= 4 is 57.9 Å². The summed E-state index contributed by atoms with van der Waals surface area (Å²) in [6.45, 7) is 0.695. The molecule has 0 atom stereocenters. The largest absolute Gasteiger partial charge is 0.488 e. The topological polar surface area (TPSA) is 55.8 Å². The molecule has 3 rings (SSSR count). The lowest BCUT2D eigenvalue weighted by Gasteiger charge is -2.13. The Morgan fingerprint density at radius 3 is 2.70 bits per heavy atom. The molecule has 1 amide bonds. The Balaban J connectivity index is 1.70. The second kappa shape index (κ2) is 10.6. The molecule has 1 aliphatic rings. The highest BCUT2D eigenvalue weighted by atomic mass is 35.5. The van der Waals surface area contributed by atoms with E-state index in [1.807, 2.05) is 48.5 Å². The number of methoxy groups -OCH3 is 1. The molecular formula is C22H20ClNO4S2. The van der Waals surface area contributed by atoms with Crippen molar-refractivity contribution in [2.75, 3.05) is 13.7 Å². The van der Waals surface area contributed by atoms with Gasteiger partial charge in [0.2, 0.25) is 0 Å². The van der Waals surface area contributed by atoms with Crippen molar-refractivity contribution < 1.29 is 19.1 Å². The predicted octanol–water partition coefficient (Wildman–Crippen LogP) is 5.07. The fraction of sp³-hybridized carbons (Fsp3) is 0.227. The quantitative estimate of drug-likeness (QED) is 0.310. The zero-order chi connectivity index (χ0) is 21.5. The molecule has 2 aromatic carbocycles. The van der Waals surface area contributed by atoms with Gasteiger partial charge in [-0.15, -0.1) is 0 Å². The lowest BCUT2D eigenvalue weighted by molar-refractivity contribution is -0.141. The summed E-state index contributed by atoms with van der Waals surface area (Å²) in [7, 11) is 1.34. The first kappa shape index (κ1) is 22.3. The van der Waals surface area contributed by atoms with E-state index in [0.29, 0.717) is 39.6 Å². The molecule has 0 aromatic heterocycles. The molecule has 1 fully saturated rings. The first-order chi connectivity index (χ1) is 14.5. The Labute approximate surface area is 190 Å². The minimum Gasteiger partial charge on any atom is -0.488 e. The second-order valence-electron chi connectivity index (χ2n) is 6.43. The van der Waals surface area contributed by atoms with E-state index >= 15 is 0 Å². The fourth-order valence-corrected chi connectivity index (χ4v) is 4.31. The number of hydrogen-bond donors (Lipinski definition) is 0. The Kier molecular flexibility index (Phi) is 7.90. The number of para-hydroxylation sites is 1. The third-order valence-electron chi connectivity index (χ3n) is 4.41. The van der Waals surface area contributed by atoms with Gasteiger partial charge < -0.3 is 9.47 Å². The molecule has 8 heteroatoms. The van der Waals surface area contributed by atoms with E-state index in [-0.39, 0.29) is 18.3 Å². The second-order valence-corrected chi connectivity index (χ2v) is 8.51. The average Bonchev–Trinajstić information content (AvgIpc) is 3.01. The summed E-state index contributed by atoms with van der Waals surface area (Å²) in [6, 6.07) is 15.0. The first-order valence-electron chi connectivity index (χ1n) is 9.27. The van der Waals surface area contributed by atoms with Crippen molar-refractivity contribution in [3.8, 4) is 5.75 Å². The monoisotopic (exact) mass is 461 g/mol. The van der Waals surface area contributed by atoms with E-state index in [2.05, 4.69) is 4.74 Å². The lowest BCUT2D eigenvalue weighted by atomic mass is 10.1. The molecule has 0 saturated carbocycles. The molecule has 156 valence electrons. The van der Waals surface area contributed by atoms with E-state index in [1.165, 1.54) is 23.8 Å². The Morgan fingerprint density at radius 2 is 1.93 bits per heavy atom. The molecule has 30 heavy (non-hydrogen) atoms. The van der Waals surface area contributed by atoms with E-state index in [4.69, 9.17) is 28.6 Å². The minimum atomic E-state index is -0.305. The molecule has 5 nitrogen and oxygen atoms in total. The molecule has 1 heterocycles. The number of amides is 1. The van der Waals surface area contributed by atoms with Crippen LogP contribution in [0.3, 0.4) is 0 Å². The van der Waals surface area contributed by atoms with Crippen LogP contribution in [0.1, 0.15) is 24.0 Å². The number of ether oxygens (including phenoxy) is 2. The van der Waals surface area contributed by atoms with Crippen LogP contribution in [-0.2, 0) is 20.9 Å². The van der Waals surface area contributed by atoms with Gasteiger partial charge in [0, 0.05) is 29.1 Å². The molecule has 2 aromatic rings. The van der Waals surface area contributed by atoms with Crippen LogP contribution in [0.25, 0.3) is 6.08 Å². The summed E-state index contributed by atoms with van der Waals surface area (Å²) in [5.74, 6) is 0.171. The van der Waals surface area contributed by atoms with Gasteiger partial charge in [-0.05, 0) is 24.6 Å². The van der Waals surface area contributed by atoms with Gasteiger partial charge in [0.1, 0.15) is 16.7 Å². The highest BCUT2D eigenvalue weighted by Gasteiger charge is 2.31. The van der Waals surface area contributed by atoms with E-state index in [9.17, 15) is 9.59 Å². The zero-order valence-electron chi connectivity index (χ0n) is 16.3. The summed E-state index contributed by atoms with van der Waals surface area (Å²) in [5, 5.41) is 0.641. The molecule has 0 radical (unpaired) electrons. The lowest BCUT2D eigenvalue weighted by Crippen LogP contribution is -2.29. The van der Waals surface area contributed by atoms with Gasteiger partial charge >= 0.3 is 5.97 Å². The third kappa shape index (κ3) is 5.62. The molecule has 0 unspecified atom stereocenters. The smallest absolute Gasteiger partial charge is 0.305 e. The maximum Gasteiger partial charge on any atom is 0.305 e. The van der Waals surface area contributed by atoms with Gasteiger partial charge in [-0.1, -0.05) is 72.0 Å². The number of carbonyl (C=O) groups excluding carboxylic acids is 2. The number of nitrogens with zero attached hydrogens (tertiary/aromatic N) is 1. The number of rotatable bonds is 8. The zero-order valence-corrected chi connectivity index (χ0v) is 18.7. The van der Waals surface area contributed by atoms with Crippen molar-refractivity contribution in [3.05, 3.63) is 69.6 Å². The van der Waals surface area contributed by atoms with Crippen LogP contribution in [0.2, 0.25) is 5.02 Å². The summed E-state index contributed by atoms with van der Waals surface area (Å²) in [6.07, 6.45) is 2.51. The van der Waals surface area contributed by atoms with Gasteiger partial charge in [-0.3, -0.25) is 14.5 Å². The highest BCUT2D eigenvalue weighted by molar-refractivity contribution is 8.26. The molecule has 0 aliphatic carbocycles. The number of carbonyl (C=O) groups is 2. The summed E-state index contributed by atoms with van der Waals surface area (Å²) in [5.41, 5.74) is 1.66. The van der Waals surface area contributed by atoms with Crippen LogP contribution >= 0.6 is 35.6 Å². The maximum absolute atomic E-state index is 12.8. The standard InChI is InChI=1S/C22H20ClNO4S2/c1-27-20(25)11-6-12-24-21(26)19(30-22(24)29)13-15-7-3-5-10-18(15)28-14-16-8-2-4-9-17(16)23/h2-5,7-10,13H,6,11-12,14H2,1H3/b19-13+. The Morgan fingerprint density at radius 1 is 1.20 bits per heavy atom. The van der Waals surface area contributed by atoms with Crippen molar-refractivity contribution in [1.29, 1.82) is 0 Å². The van der Waals surface area contributed by atoms with E-state index in [0.717, 1.165) is 11.1 Å². The Bertz CT molecular complexity index is 993. The number of halogens is 1. The summed E-state index contributed by atoms with van der Waals surface area (Å²) >= 11 is 12.8. The SMILES string of the molecule is COC(=O)CCCN1C(=O)/C(=C\c2ccccc2OCc2ccccc2Cl)SC1=S. The van der Waals surface area contributed by atoms with Crippen LogP contribution in [-0.4, -0.2) is 34.8 Å². The first-order valence-corrected chi connectivity index (χ1v) is 10.9.